The third-order valence-corrected chi connectivity index (χ3v) is 5.03. The highest BCUT2D eigenvalue weighted by Crippen LogP contribution is 2.17. The van der Waals surface area contributed by atoms with Gasteiger partial charge < -0.3 is 5.32 Å². The fourth-order valence-electron chi connectivity index (χ4n) is 2.31. The lowest BCUT2D eigenvalue weighted by atomic mass is 10.1. The summed E-state index contributed by atoms with van der Waals surface area (Å²) in [6.07, 6.45) is 4.30. The molecular formula is C20H15N5O3S. The molecule has 3 aromatic rings. The second-order valence-electron chi connectivity index (χ2n) is 5.74. The van der Waals surface area contributed by atoms with Crippen LogP contribution in [-0.4, -0.2) is 24.3 Å². The van der Waals surface area contributed by atoms with Crippen LogP contribution in [0.5, 0.6) is 0 Å². The predicted octanol–water partition coefficient (Wildman–Crippen LogP) is 2.82. The Bertz CT molecular complexity index is 1170. The third kappa shape index (κ3) is 5.24. The van der Waals surface area contributed by atoms with Crippen molar-refractivity contribution in [3.63, 3.8) is 0 Å². The largest absolute Gasteiger partial charge is 0.321 e. The Morgan fingerprint density at radius 3 is 2.24 bits per heavy atom. The van der Waals surface area contributed by atoms with E-state index in [9.17, 15) is 18.5 Å². The molecule has 2 aromatic carbocycles. The molecule has 0 aliphatic rings. The highest BCUT2D eigenvalue weighted by Gasteiger charge is 2.16. The van der Waals surface area contributed by atoms with Gasteiger partial charge in [0.1, 0.15) is 11.6 Å². The van der Waals surface area contributed by atoms with Crippen molar-refractivity contribution >= 4 is 33.6 Å². The van der Waals surface area contributed by atoms with Gasteiger partial charge in [-0.1, -0.05) is 30.3 Å². The van der Waals surface area contributed by atoms with Crippen LogP contribution >= 0.6 is 0 Å². The van der Waals surface area contributed by atoms with Gasteiger partial charge in [-0.25, -0.2) is 23.1 Å². The number of carbonyl (C=O) groups is 1. The van der Waals surface area contributed by atoms with E-state index in [-0.39, 0.29) is 16.4 Å². The van der Waals surface area contributed by atoms with E-state index in [4.69, 9.17) is 0 Å². The van der Waals surface area contributed by atoms with E-state index < -0.39 is 15.9 Å². The summed E-state index contributed by atoms with van der Waals surface area (Å²) in [7, 11) is -3.87. The molecule has 0 unspecified atom stereocenters. The number of benzene rings is 2. The number of nitriles is 1. The van der Waals surface area contributed by atoms with Crippen LogP contribution in [0.15, 0.2) is 83.5 Å². The van der Waals surface area contributed by atoms with E-state index in [1.54, 1.807) is 30.3 Å². The van der Waals surface area contributed by atoms with Gasteiger partial charge in [0.2, 0.25) is 5.95 Å². The molecule has 0 spiro atoms. The summed E-state index contributed by atoms with van der Waals surface area (Å²) in [5, 5.41) is 11.8. The third-order valence-electron chi connectivity index (χ3n) is 3.69. The van der Waals surface area contributed by atoms with Crippen molar-refractivity contribution in [1.29, 1.82) is 5.26 Å². The number of aromatic nitrogens is 2. The van der Waals surface area contributed by atoms with Crippen LogP contribution in [0.1, 0.15) is 5.56 Å². The smallest absolute Gasteiger partial charge is 0.266 e. The molecule has 1 heterocycles. The lowest BCUT2D eigenvalue weighted by molar-refractivity contribution is -0.112. The molecule has 0 saturated carbocycles. The standard InChI is InChI=1S/C20H15N5O3S/c21-14-16(13-15-5-2-1-3-6-15)19(26)24-17-7-9-18(10-8-17)29(27,28)25-20-22-11-4-12-23-20/h1-13H,(H,24,26)(H,22,23,25). The predicted molar refractivity (Wildman–Crippen MR) is 108 cm³/mol. The zero-order valence-corrected chi connectivity index (χ0v) is 15.8. The number of carbonyl (C=O) groups excluding carboxylic acids is 1. The second-order valence-corrected chi connectivity index (χ2v) is 7.42. The SMILES string of the molecule is N#CC(=Cc1ccccc1)C(=O)Nc1ccc(S(=O)(=O)Nc2ncccn2)cc1. The Morgan fingerprint density at radius 2 is 1.62 bits per heavy atom. The van der Waals surface area contributed by atoms with Crippen molar-refractivity contribution in [3.05, 3.63) is 84.2 Å². The van der Waals surface area contributed by atoms with Crippen molar-refractivity contribution in [2.75, 3.05) is 10.0 Å². The highest BCUT2D eigenvalue weighted by molar-refractivity contribution is 7.92. The summed E-state index contributed by atoms with van der Waals surface area (Å²) in [6.45, 7) is 0. The minimum absolute atomic E-state index is 0.0247. The molecule has 0 bridgehead atoms. The second kappa shape index (κ2) is 8.77. The molecule has 0 fully saturated rings. The van der Waals surface area contributed by atoms with Crippen molar-refractivity contribution in [1.82, 2.24) is 9.97 Å². The molecule has 144 valence electrons. The molecule has 0 aliphatic carbocycles. The zero-order chi connectivity index (χ0) is 20.7. The van der Waals surface area contributed by atoms with E-state index in [2.05, 4.69) is 20.0 Å². The average molecular weight is 405 g/mol. The van der Waals surface area contributed by atoms with Gasteiger partial charge in [-0.3, -0.25) is 4.79 Å². The summed E-state index contributed by atoms with van der Waals surface area (Å²) < 4.78 is 27.0. The molecule has 0 aliphatic heterocycles. The Hall–Kier alpha value is -4.03. The molecule has 9 heteroatoms. The summed E-state index contributed by atoms with van der Waals surface area (Å²) in [6, 6.07) is 17.9. The minimum atomic E-state index is -3.87. The van der Waals surface area contributed by atoms with E-state index in [0.29, 0.717) is 5.69 Å². The Morgan fingerprint density at radius 1 is 0.966 bits per heavy atom. The number of anilines is 2. The first-order valence-corrected chi connectivity index (χ1v) is 9.84. The molecule has 29 heavy (non-hydrogen) atoms. The van der Waals surface area contributed by atoms with Crippen molar-refractivity contribution < 1.29 is 13.2 Å². The highest BCUT2D eigenvalue weighted by atomic mass is 32.2. The van der Waals surface area contributed by atoms with E-state index in [0.717, 1.165) is 5.56 Å². The van der Waals surface area contributed by atoms with Gasteiger partial charge in [0.25, 0.3) is 15.9 Å². The van der Waals surface area contributed by atoms with Crippen LogP contribution in [0, 0.1) is 11.3 Å². The monoisotopic (exact) mass is 405 g/mol. The first-order chi connectivity index (χ1) is 14.0. The van der Waals surface area contributed by atoms with Crippen LogP contribution < -0.4 is 10.0 Å². The molecule has 8 nitrogen and oxygen atoms in total. The molecule has 3 rings (SSSR count). The molecular weight excluding hydrogens is 390 g/mol. The number of sulfonamides is 1. The van der Waals surface area contributed by atoms with Crippen LogP contribution in [0.4, 0.5) is 11.6 Å². The number of nitrogens with one attached hydrogen (secondary N) is 2. The summed E-state index contributed by atoms with van der Waals surface area (Å²) in [4.78, 5) is 19.9. The molecule has 2 N–H and O–H groups in total. The normalized spacial score (nSPS) is 11.3. The van der Waals surface area contributed by atoms with E-state index in [1.807, 2.05) is 12.1 Å². The molecule has 1 amide bonds. The maximum Gasteiger partial charge on any atom is 0.266 e. The van der Waals surface area contributed by atoms with Crippen LogP contribution in [0.25, 0.3) is 6.08 Å². The molecule has 1 aromatic heterocycles. The van der Waals surface area contributed by atoms with Crippen LogP contribution in [0.2, 0.25) is 0 Å². The van der Waals surface area contributed by atoms with Gasteiger partial charge in [0, 0.05) is 18.1 Å². The first kappa shape index (κ1) is 19.7. The minimum Gasteiger partial charge on any atom is -0.321 e. The first-order valence-electron chi connectivity index (χ1n) is 8.36. The van der Waals surface area contributed by atoms with E-state index in [1.165, 1.54) is 42.7 Å². The lowest BCUT2D eigenvalue weighted by Crippen LogP contribution is -2.16. The number of hydrogen-bond acceptors (Lipinski definition) is 6. The molecule has 0 radical (unpaired) electrons. The maximum absolute atomic E-state index is 12.4. The molecule has 0 atom stereocenters. The summed E-state index contributed by atoms with van der Waals surface area (Å²) >= 11 is 0. The maximum atomic E-state index is 12.4. The van der Waals surface area contributed by atoms with Crippen molar-refractivity contribution in [2.45, 2.75) is 4.90 Å². The Labute approximate surface area is 167 Å². The van der Waals surface area contributed by atoms with Crippen molar-refractivity contribution in [3.8, 4) is 6.07 Å². The van der Waals surface area contributed by atoms with E-state index >= 15 is 0 Å². The summed E-state index contributed by atoms with van der Waals surface area (Å²) in [5.74, 6) is -0.641. The van der Waals surface area contributed by atoms with Gasteiger partial charge in [0.15, 0.2) is 0 Å². The van der Waals surface area contributed by atoms with Gasteiger partial charge in [-0.15, -0.1) is 0 Å². The summed E-state index contributed by atoms with van der Waals surface area (Å²) in [5.41, 5.74) is 0.991. The van der Waals surface area contributed by atoms with Gasteiger partial charge >= 0.3 is 0 Å². The topological polar surface area (TPSA) is 125 Å². The van der Waals surface area contributed by atoms with Crippen LogP contribution in [0.3, 0.4) is 0 Å². The Balaban J connectivity index is 1.72. The number of hydrogen-bond donors (Lipinski definition) is 2. The fraction of sp³-hybridized carbons (Fsp3) is 0. The van der Waals surface area contributed by atoms with Crippen LogP contribution in [-0.2, 0) is 14.8 Å². The zero-order valence-electron chi connectivity index (χ0n) is 15.0. The van der Waals surface area contributed by atoms with Crippen molar-refractivity contribution in [2.24, 2.45) is 0 Å². The average Bonchev–Trinajstić information content (AvgIpc) is 2.73. The Kier molecular flexibility index (Phi) is 5.97. The lowest BCUT2D eigenvalue weighted by Gasteiger charge is -2.08. The number of rotatable bonds is 6. The van der Waals surface area contributed by atoms with Gasteiger partial charge in [0.05, 0.1) is 4.90 Å². The number of amides is 1. The molecule has 0 saturated heterocycles. The van der Waals surface area contributed by atoms with Gasteiger partial charge in [-0.2, -0.15) is 5.26 Å². The quantitative estimate of drug-likeness (QED) is 0.480. The van der Waals surface area contributed by atoms with Gasteiger partial charge in [-0.05, 0) is 42.0 Å². The number of nitrogens with zero attached hydrogens (tertiary/aromatic N) is 3. The fourth-order valence-corrected chi connectivity index (χ4v) is 3.27.